The number of hydrogen-bond acceptors (Lipinski definition) is 4. The van der Waals surface area contributed by atoms with Crippen LogP contribution in [0.4, 0.5) is 0 Å². The van der Waals surface area contributed by atoms with Gasteiger partial charge in [0.05, 0.1) is 18.9 Å². The van der Waals surface area contributed by atoms with Gasteiger partial charge in [-0.15, -0.1) is 0 Å². The Morgan fingerprint density at radius 2 is 2.28 bits per heavy atom. The van der Waals surface area contributed by atoms with E-state index in [9.17, 15) is 8.42 Å². The van der Waals surface area contributed by atoms with Crippen LogP contribution < -0.4 is 14.2 Å². The van der Waals surface area contributed by atoms with Crippen molar-refractivity contribution in [2.75, 3.05) is 19.5 Å². The van der Waals surface area contributed by atoms with Gasteiger partial charge in [0, 0.05) is 0 Å². The Morgan fingerprint density at radius 1 is 1.50 bits per heavy atom. The molecule has 0 radical (unpaired) electrons. The zero-order valence-corrected chi connectivity index (χ0v) is 11.3. The van der Waals surface area contributed by atoms with Crippen LogP contribution in [0.2, 0.25) is 0 Å². The quantitative estimate of drug-likeness (QED) is 0.885. The third-order valence-corrected chi connectivity index (χ3v) is 4.35. The molecule has 18 heavy (non-hydrogen) atoms. The number of nitrogens with one attached hydrogen (secondary N) is 1. The van der Waals surface area contributed by atoms with Gasteiger partial charge < -0.3 is 9.47 Å². The van der Waals surface area contributed by atoms with Gasteiger partial charge in [-0.25, -0.2) is 13.1 Å². The first-order valence-corrected chi connectivity index (χ1v) is 7.49. The molecule has 1 aromatic carbocycles. The molecule has 2 rings (SSSR count). The Balaban J connectivity index is 2.14. The predicted molar refractivity (Wildman–Crippen MR) is 68.6 cm³/mol. The summed E-state index contributed by atoms with van der Waals surface area (Å²) in [6.45, 7) is 1.97. The molecular formula is C12H17NO4S. The van der Waals surface area contributed by atoms with E-state index in [0.717, 1.165) is 17.1 Å². The van der Waals surface area contributed by atoms with Crippen LogP contribution in [0.1, 0.15) is 12.5 Å². The van der Waals surface area contributed by atoms with Crippen molar-refractivity contribution in [1.82, 2.24) is 4.72 Å². The monoisotopic (exact) mass is 271 g/mol. The van der Waals surface area contributed by atoms with Gasteiger partial charge in [0.1, 0.15) is 18.1 Å². The minimum absolute atomic E-state index is 0.0778. The van der Waals surface area contributed by atoms with Crippen LogP contribution >= 0.6 is 0 Å². The number of hydrogen-bond donors (Lipinski definition) is 1. The molecular weight excluding hydrogens is 254 g/mol. The van der Waals surface area contributed by atoms with Gasteiger partial charge in [-0.1, -0.05) is 0 Å². The first-order valence-electron chi connectivity index (χ1n) is 5.84. The highest BCUT2D eigenvalue weighted by molar-refractivity contribution is 7.89. The maximum Gasteiger partial charge on any atom is 0.211 e. The van der Waals surface area contributed by atoms with Crippen molar-refractivity contribution < 1.29 is 17.9 Å². The Morgan fingerprint density at radius 3 is 2.94 bits per heavy atom. The van der Waals surface area contributed by atoms with E-state index in [1.807, 2.05) is 18.2 Å². The van der Waals surface area contributed by atoms with Gasteiger partial charge in [-0.05, 0) is 37.1 Å². The lowest BCUT2D eigenvalue weighted by molar-refractivity contribution is 0.253. The molecule has 1 heterocycles. The van der Waals surface area contributed by atoms with Gasteiger partial charge in [0.2, 0.25) is 10.0 Å². The second kappa shape index (κ2) is 5.16. The summed E-state index contributed by atoms with van der Waals surface area (Å²) >= 11 is 0. The molecule has 0 saturated carbocycles. The lowest BCUT2D eigenvalue weighted by Gasteiger charge is -2.26. The van der Waals surface area contributed by atoms with E-state index in [1.165, 1.54) is 0 Å². The zero-order chi connectivity index (χ0) is 13.2. The number of fused-ring (bicyclic) bond motifs is 1. The molecule has 0 aliphatic carbocycles. The summed E-state index contributed by atoms with van der Waals surface area (Å²) < 4.78 is 36.3. The second-order valence-corrected chi connectivity index (χ2v) is 6.25. The van der Waals surface area contributed by atoms with Crippen LogP contribution in [0.15, 0.2) is 18.2 Å². The van der Waals surface area contributed by atoms with E-state index in [2.05, 4.69) is 4.72 Å². The van der Waals surface area contributed by atoms with Crippen molar-refractivity contribution in [2.24, 2.45) is 0 Å². The molecule has 1 atom stereocenters. The minimum atomic E-state index is -3.20. The van der Waals surface area contributed by atoms with Crippen molar-refractivity contribution in [2.45, 2.75) is 19.4 Å². The van der Waals surface area contributed by atoms with Crippen molar-refractivity contribution in [3.8, 4) is 11.5 Å². The highest BCUT2D eigenvalue weighted by atomic mass is 32.2. The van der Waals surface area contributed by atoms with Crippen molar-refractivity contribution in [1.29, 1.82) is 0 Å². The maximum absolute atomic E-state index is 11.5. The highest BCUT2D eigenvalue weighted by Crippen LogP contribution is 2.28. The highest BCUT2D eigenvalue weighted by Gasteiger charge is 2.23. The Kier molecular flexibility index (Phi) is 3.77. The van der Waals surface area contributed by atoms with E-state index in [1.54, 1.807) is 14.0 Å². The molecule has 0 amide bonds. The van der Waals surface area contributed by atoms with Gasteiger partial charge >= 0.3 is 0 Å². The second-order valence-electron chi connectivity index (χ2n) is 4.21. The average Bonchev–Trinajstić information content (AvgIpc) is 2.37. The van der Waals surface area contributed by atoms with Crippen LogP contribution in [0.3, 0.4) is 0 Å². The van der Waals surface area contributed by atoms with E-state index >= 15 is 0 Å². The number of sulfonamides is 1. The number of methoxy groups -OCH3 is 1. The molecule has 6 heteroatoms. The van der Waals surface area contributed by atoms with E-state index in [4.69, 9.17) is 9.47 Å². The Labute approximate surface area is 107 Å². The summed E-state index contributed by atoms with van der Waals surface area (Å²) in [5.41, 5.74) is 0.962. The molecule has 0 saturated heterocycles. The van der Waals surface area contributed by atoms with Crippen LogP contribution in [0.5, 0.6) is 11.5 Å². The third-order valence-electron chi connectivity index (χ3n) is 2.90. The predicted octanol–water partition coefficient (Wildman–Crippen LogP) is 0.938. The summed E-state index contributed by atoms with van der Waals surface area (Å²) in [6.07, 6.45) is 0.617. The minimum Gasteiger partial charge on any atom is -0.497 e. The molecule has 1 aliphatic heterocycles. The van der Waals surface area contributed by atoms with E-state index in [-0.39, 0.29) is 11.8 Å². The third kappa shape index (κ3) is 2.94. The van der Waals surface area contributed by atoms with Crippen molar-refractivity contribution in [3.63, 3.8) is 0 Å². The SMILES string of the molecule is CCS(=O)(=O)N[C@@H]1COc2ccc(OC)cc2C1. The summed E-state index contributed by atoms with van der Waals surface area (Å²) in [6, 6.07) is 5.34. The van der Waals surface area contributed by atoms with Crippen LogP contribution in [0.25, 0.3) is 0 Å². The van der Waals surface area contributed by atoms with Crippen LogP contribution in [-0.4, -0.2) is 33.9 Å². The molecule has 0 fully saturated rings. The fourth-order valence-electron chi connectivity index (χ4n) is 1.91. The molecule has 0 spiro atoms. The lowest BCUT2D eigenvalue weighted by atomic mass is 10.0. The molecule has 1 N–H and O–H groups in total. The number of benzene rings is 1. The summed E-state index contributed by atoms with van der Waals surface area (Å²) in [5, 5.41) is 0. The normalized spacial score (nSPS) is 18.9. The maximum atomic E-state index is 11.5. The van der Waals surface area contributed by atoms with Gasteiger partial charge in [0.15, 0.2) is 0 Å². The van der Waals surface area contributed by atoms with Crippen LogP contribution in [0, 0.1) is 0 Å². The fraction of sp³-hybridized carbons (Fsp3) is 0.500. The average molecular weight is 271 g/mol. The lowest BCUT2D eigenvalue weighted by Crippen LogP contribution is -2.43. The standard InChI is InChI=1S/C12H17NO4S/c1-3-18(14,15)13-10-6-9-7-11(16-2)4-5-12(9)17-8-10/h4-5,7,10,13H,3,6,8H2,1-2H3/t10-/m0/s1. The molecule has 0 aromatic heterocycles. The summed E-state index contributed by atoms with van der Waals surface area (Å²) in [5.74, 6) is 1.62. The first kappa shape index (κ1) is 13.2. The van der Waals surface area contributed by atoms with Crippen LogP contribution in [-0.2, 0) is 16.4 Å². The topological polar surface area (TPSA) is 64.6 Å². The fourth-order valence-corrected chi connectivity index (χ4v) is 2.74. The zero-order valence-electron chi connectivity index (χ0n) is 10.5. The molecule has 0 unspecified atom stereocenters. The Hall–Kier alpha value is -1.27. The summed E-state index contributed by atoms with van der Waals surface area (Å²) in [4.78, 5) is 0. The smallest absolute Gasteiger partial charge is 0.211 e. The molecule has 100 valence electrons. The summed E-state index contributed by atoms with van der Waals surface area (Å²) in [7, 11) is -1.60. The van der Waals surface area contributed by atoms with Gasteiger partial charge in [0.25, 0.3) is 0 Å². The largest absolute Gasteiger partial charge is 0.497 e. The van der Waals surface area contributed by atoms with E-state index < -0.39 is 10.0 Å². The molecule has 1 aliphatic rings. The number of ether oxygens (including phenoxy) is 2. The molecule has 0 bridgehead atoms. The Bertz CT molecular complexity index is 527. The molecule has 5 nitrogen and oxygen atoms in total. The van der Waals surface area contributed by atoms with Gasteiger partial charge in [-0.3, -0.25) is 0 Å². The molecule has 1 aromatic rings. The van der Waals surface area contributed by atoms with E-state index in [0.29, 0.717) is 13.0 Å². The first-order chi connectivity index (χ1) is 8.54. The van der Waals surface area contributed by atoms with Crippen molar-refractivity contribution in [3.05, 3.63) is 23.8 Å². The van der Waals surface area contributed by atoms with Crippen molar-refractivity contribution >= 4 is 10.0 Å². The van der Waals surface area contributed by atoms with Gasteiger partial charge in [-0.2, -0.15) is 0 Å². The number of rotatable bonds is 4.